The lowest BCUT2D eigenvalue weighted by molar-refractivity contribution is -0.130. The maximum atomic E-state index is 12.4. The monoisotopic (exact) mass is 485 g/mol. The van der Waals surface area contributed by atoms with Crippen LogP contribution in [0.1, 0.15) is 29.3 Å². The standard InChI is InChI=1S/C23H17Cl2N3O3S/c1-12-5-4-6-20(13(12)2)28(14(3)29)23-26-16(11-32-23)10-19-22(30)31-21(27-19)17-8-7-15(24)9-18(17)25/h4-11H,1-3H3/b19-10+. The molecule has 0 fully saturated rings. The Balaban J connectivity index is 1.67. The minimum Gasteiger partial charge on any atom is -0.402 e. The van der Waals surface area contributed by atoms with Gasteiger partial charge in [-0.15, -0.1) is 11.3 Å². The van der Waals surface area contributed by atoms with Crippen LogP contribution < -0.4 is 4.90 Å². The number of aromatic nitrogens is 1. The molecular formula is C23H17Cl2N3O3S. The fraction of sp³-hybridized carbons (Fsp3) is 0.130. The van der Waals surface area contributed by atoms with Crippen LogP contribution >= 0.6 is 34.5 Å². The van der Waals surface area contributed by atoms with Gasteiger partial charge in [0.05, 0.1) is 22.0 Å². The van der Waals surface area contributed by atoms with E-state index in [9.17, 15) is 9.59 Å². The zero-order valence-electron chi connectivity index (χ0n) is 17.3. The lowest BCUT2D eigenvalue weighted by Gasteiger charge is -2.21. The molecule has 0 aliphatic carbocycles. The molecule has 0 N–H and O–H groups in total. The van der Waals surface area contributed by atoms with Crippen molar-refractivity contribution in [3.05, 3.63) is 79.9 Å². The van der Waals surface area contributed by atoms with Crippen molar-refractivity contribution in [3.63, 3.8) is 0 Å². The Labute approximate surface area is 198 Å². The number of carbonyl (C=O) groups excluding carboxylic acids is 2. The largest absolute Gasteiger partial charge is 0.402 e. The first kappa shape index (κ1) is 22.2. The van der Waals surface area contributed by atoms with Gasteiger partial charge in [-0.2, -0.15) is 0 Å². The Morgan fingerprint density at radius 2 is 1.97 bits per heavy atom. The van der Waals surface area contributed by atoms with E-state index in [0.29, 0.717) is 26.4 Å². The highest BCUT2D eigenvalue weighted by atomic mass is 35.5. The van der Waals surface area contributed by atoms with E-state index in [4.69, 9.17) is 27.9 Å². The number of thiazole rings is 1. The number of ether oxygens (including phenoxy) is 1. The number of aryl methyl sites for hydroxylation is 1. The highest BCUT2D eigenvalue weighted by molar-refractivity contribution is 7.14. The van der Waals surface area contributed by atoms with Gasteiger partial charge in [0.15, 0.2) is 10.8 Å². The number of cyclic esters (lactones) is 1. The SMILES string of the molecule is CC(=O)N(c1nc(/C=C2/N=C(c3ccc(Cl)cc3Cl)OC2=O)cs1)c1cccc(C)c1C. The van der Waals surface area contributed by atoms with Crippen molar-refractivity contribution >= 4 is 69.2 Å². The van der Waals surface area contributed by atoms with Gasteiger partial charge in [0.1, 0.15) is 0 Å². The predicted octanol–water partition coefficient (Wildman–Crippen LogP) is 6.10. The first-order valence-electron chi connectivity index (χ1n) is 9.55. The first-order valence-corrected chi connectivity index (χ1v) is 11.2. The summed E-state index contributed by atoms with van der Waals surface area (Å²) < 4.78 is 5.27. The summed E-state index contributed by atoms with van der Waals surface area (Å²) in [5, 5.41) is 3.04. The quantitative estimate of drug-likeness (QED) is 0.330. The van der Waals surface area contributed by atoms with E-state index in [-0.39, 0.29) is 17.5 Å². The number of benzene rings is 2. The van der Waals surface area contributed by atoms with Gasteiger partial charge < -0.3 is 4.74 Å². The van der Waals surface area contributed by atoms with Gasteiger partial charge in [0, 0.05) is 17.3 Å². The molecule has 4 rings (SSSR count). The summed E-state index contributed by atoms with van der Waals surface area (Å²) in [4.78, 5) is 35.1. The summed E-state index contributed by atoms with van der Waals surface area (Å²) in [7, 11) is 0. The van der Waals surface area contributed by atoms with Gasteiger partial charge >= 0.3 is 5.97 Å². The summed E-state index contributed by atoms with van der Waals surface area (Å²) >= 11 is 13.4. The lowest BCUT2D eigenvalue weighted by atomic mass is 10.1. The molecule has 2 aromatic carbocycles. The second kappa shape index (κ2) is 8.86. The number of anilines is 2. The van der Waals surface area contributed by atoms with E-state index in [1.165, 1.54) is 24.3 Å². The predicted molar refractivity (Wildman–Crippen MR) is 128 cm³/mol. The molecule has 0 saturated heterocycles. The number of esters is 1. The molecule has 9 heteroatoms. The Hall–Kier alpha value is -3.00. The third-order valence-electron chi connectivity index (χ3n) is 4.90. The van der Waals surface area contributed by atoms with Gasteiger partial charge in [-0.25, -0.2) is 14.8 Å². The number of halogens is 2. The molecule has 3 aromatic rings. The van der Waals surface area contributed by atoms with Crippen molar-refractivity contribution < 1.29 is 14.3 Å². The Kier molecular flexibility index (Phi) is 6.15. The topological polar surface area (TPSA) is 71.9 Å². The average molecular weight is 486 g/mol. The van der Waals surface area contributed by atoms with Crippen LogP contribution in [0.5, 0.6) is 0 Å². The first-order chi connectivity index (χ1) is 15.2. The van der Waals surface area contributed by atoms with E-state index in [1.54, 1.807) is 28.5 Å². The Bertz CT molecular complexity index is 1310. The summed E-state index contributed by atoms with van der Waals surface area (Å²) in [5.41, 5.74) is 3.87. The zero-order chi connectivity index (χ0) is 23.0. The Morgan fingerprint density at radius 1 is 1.19 bits per heavy atom. The maximum absolute atomic E-state index is 12.4. The van der Waals surface area contributed by atoms with Crippen molar-refractivity contribution in [3.8, 4) is 0 Å². The zero-order valence-corrected chi connectivity index (χ0v) is 19.7. The van der Waals surface area contributed by atoms with Crippen LogP contribution in [-0.4, -0.2) is 22.8 Å². The highest BCUT2D eigenvalue weighted by Crippen LogP contribution is 2.33. The molecular weight excluding hydrogens is 469 g/mol. The van der Waals surface area contributed by atoms with Crippen LogP contribution in [0.15, 0.2) is 52.5 Å². The molecule has 1 aliphatic rings. The van der Waals surface area contributed by atoms with E-state index in [2.05, 4.69) is 9.98 Å². The second-order valence-electron chi connectivity index (χ2n) is 7.09. The molecule has 162 valence electrons. The minimum absolute atomic E-state index is 0.0870. The molecule has 1 amide bonds. The number of hydrogen-bond acceptors (Lipinski definition) is 6. The van der Waals surface area contributed by atoms with Gasteiger partial charge in [-0.1, -0.05) is 35.3 Å². The van der Waals surface area contributed by atoms with Crippen LogP contribution in [-0.2, 0) is 14.3 Å². The molecule has 0 saturated carbocycles. The molecule has 0 spiro atoms. The summed E-state index contributed by atoms with van der Waals surface area (Å²) in [5.74, 6) is -0.678. The maximum Gasteiger partial charge on any atom is 0.363 e. The third kappa shape index (κ3) is 4.32. The summed E-state index contributed by atoms with van der Waals surface area (Å²) in [6.07, 6.45) is 1.51. The molecule has 0 unspecified atom stereocenters. The molecule has 6 nitrogen and oxygen atoms in total. The third-order valence-corrected chi connectivity index (χ3v) is 6.29. The minimum atomic E-state index is -0.612. The number of aliphatic imine (C=N–C) groups is 1. The molecule has 1 aromatic heterocycles. The molecule has 32 heavy (non-hydrogen) atoms. The van der Waals surface area contributed by atoms with E-state index < -0.39 is 5.97 Å². The summed E-state index contributed by atoms with van der Waals surface area (Å²) in [6.45, 7) is 5.44. The highest BCUT2D eigenvalue weighted by Gasteiger charge is 2.26. The molecule has 1 aliphatic heterocycles. The van der Waals surface area contributed by atoms with Crippen LogP contribution in [0, 0.1) is 13.8 Å². The van der Waals surface area contributed by atoms with Gasteiger partial charge in [0.25, 0.3) is 0 Å². The van der Waals surface area contributed by atoms with Crippen molar-refractivity contribution in [2.24, 2.45) is 4.99 Å². The van der Waals surface area contributed by atoms with Crippen LogP contribution in [0.25, 0.3) is 6.08 Å². The fourth-order valence-electron chi connectivity index (χ4n) is 3.16. The van der Waals surface area contributed by atoms with Crippen molar-refractivity contribution in [1.29, 1.82) is 0 Å². The normalized spacial score (nSPS) is 14.5. The van der Waals surface area contributed by atoms with E-state index in [0.717, 1.165) is 16.8 Å². The van der Waals surface area contributed by atoms with Crippen molar-refractivity contribution in [1.82, 2.24) is 4.98 Å². The smallest absolute Gasteiger partial charge is 0.363 e. The number of amides is 1. The number of nitrogens with zero attached hydrogens (tertiary/aromatic N) is 3. The summed E-state index contributed by atoms with van der Waals surface area (Å²) in [6, 6.07) is 10.6. The van der Waals surface area contributed by atoms with Gasteiger partial charge in [-0.3, -0.25) is 9.69 Å². The van der Waals surface area contributed by atoms with Crippen molar-refractivity contribution in [2.75, 3.05) is 4.90 Å². The van der Waals surface area contributed by atoms with Crippen LogP contribution in [0.4, 0.5) is 10.8 Å². The molecule has 0 atom stereocenters. The van der Waals surface area contributed by atoms with E-state index in [1.807, 2.05) is 32.0 Å². The van der Waals surface area contributed by atoms with Crippen LogP contribution in [0.3, 0.4) is 0 Å². The van der Waals surface area contributed by atoms with Crippen LogP contribution in [0.2, 0.25) is 10.0 Å². The van der Waals surface area contributed by atoms with Crippen molar-refractivity contribution in [2.45, 2.75) is 20.8 Å². The molecule has 0 radical (unpaired) electrons. The Morgan fingerprint density at radius 3 is 2.69 bits per heavy atom. The molecule has 2 heterocycles. The number of rotatable bonds is 4. The van der Waals surface area contributed by atoms with E-state index >= 15 is 0 Å². The number of carbonyl (C=O) groups is 2. The van der Waals surface area contributed by atoms with Gasteiger partial charge in [-0.05, 0) is 55.3 Å². The number of hydrogen-bond donors (Lipinski definition) is 0. The lowest BCUT2D eigenvalue weighted by Crippen LogP contribution is -2.23. The second-order valence-corrected chi connectivity index (χ2v) is 8.77. The van der Waals surface area contributed by atoms with Gasteiger partial charge in [0.2, 0.25) is 11.8 Å². The molecule has 0 bridgehead atoms. The average Bonchev–Trinajstić information content (AvgIpc) is 3.32. The fourth-order valence-corrected chi connectivity index (χ4v) is 4.48.